The molecule has 0 unspecified atom stereocenters. The van der Waals surface area contributed by atoms with Crippen LogP contribution in [0, 0.1) is 0 Å². The Bertz CT molecular complexity index is 960. The number of benzene rings is 2. The van der Waals surface area contributed by atoms with Crippen LogP contribution in [-0.4, -0.2) is 41.9 Å². The number of rotatable bonds is 7. The van der Waals surface area contributed by atoms with Crippen molar-refractivity contribution in [1.82, 2.24) is 4.72 Å². The van der Waals surface area contributed by atoms with Gasteiger partial charge in [0.2, 0.25) is 22.7 Å². The van der Waals surface area contributed by atoms with Crippen LogP contribution in [0.1, 0.15) is 0 Å². The number of hydrogen-bond donors (Lipinski definition) is 2. The van der Waals surface area contributed by atoms with Crippen molar-refractivity contribution < 1.29 is 32.2 Å². The van der Waals surface area contributed by atoms with Gasteiger partial charge >= 0.3 is 0 Å². The quantitative estimate of drug-likeness (QED) is 0.729. The Morgan fingerprint density at radius 3 is 2.52 bits per heavy atom. The van der Waals surface area contributed by atoms with Gasteiger partial charge in [-0.15, -0.1) is 0 Å². The highest BCUT2D eigenvalue weighted by Gasteiger charge is 2.21. The summed E-state index contributed by atoms with van der Waals surface area (Å²) >= 11 is 0. The fourth-order valence-corrected chi connectivity index (χ4v) is 3.40. The fraction of sp³-hybridized carbons (Fsp3) is 0.235. The molecule has 0 saturated heterocycles. The van der Waals surface area contributed by atoms with E-state index in [2.05, 4.69) is 10.0 Å². The lowest BCUT2D eigenvalue weighted by Crippen LogP contribution is -2.32. The third-order valence-electron chi connectivity index (χ3n) is 3.74. The van der Waals surface area contributed by atoms with Crippen LogP contribution in [0.15, 0.2) is 41.3 Å². The number of fused-ring (bicyclic) bond motifs is 1. The van der Waals surface area contributed by atoms with Crippen molar-refractivity contribution >= 4 is 21.6 Å². The minimum atomic E-state index is -3.88. The van der Waals surface area contributed by atoms with Crippen molar-refractivity contribution in [2.24, 2.45) is 0 Å². The van der Waals surface area contributed by atoms with E-state index in [0.717, 1.165) is 0 Å². The first-order chi connectivity index (χ1) is 12.9. The molecule has 9 nitrogen and oxygen atoms in total. The first-order valence-electron chi connectivity index (χ1n) is 7.84. The Hall–Kier alpha value is -2.98. The lowest BCUT2D eigenvalue weighted by atomic mass is 10.2. The highest BCUT2D eigenvalue weighted by molar-refractivity contribution is 7.89. The second-order valence-electron chi connectivity index (χ2n) is 5.46. The van der Waals surface area contributed by atoms with Gasteiger partial charge in [-0.25, -0.2) is 13.1 Å². The molecular formula is C17H18N2O7S. The minimum Gasteiger partial charge on any atom is -0.493 e. The van der Waals surface area contributed by atoms with E-state index in [4.69, 9.17) is 18.9 Å². The Morgan fingerprint density at radius 1 is 1.04 bits per heavy atom. The summed E-state index contributed by atoms with van der Waals surface area (Å²) in [4.78, 5) is 12.1. The molecule has 2 aromatic rings. The van der Waals surface area contributed by atoms with E-state index in [9.17, 15) is 13.2 Å². The molecule has 3 rings (SSSR count). The van der Waals surface area contributed by atoms with E-state index in [0.29, 0.717) is 28.7 Å². The molecule has 27 heavy (non-hydrogen) atoms. The summed E-state index contributed by atoms with van der Waals surface area (Å²) in [6.45, 7) is -0.398. The summed E-state index contributed by atoms with van der Waals surface area (Å²) in [7, 11) is -0.908. The number of carbonyl (C=O) groups is 1. The van der Waals surface area contributed by atoms with Crippen molar-refractivity contribution in [3.63, 3.8) is 0 Å². The smallest absolute Gasteiger partial charge is 0.241 e. The van der Waals surface area contributed by atoms with Crippen LogP contribution < -0.4 is 29.0 Å². The zero-order valence-electron chi connectivity index (χ0n) is 14.6. The Balaban J connectivity index is 1.63. The van der Waals surface area contributed by atoms with Gasteiger partial charge in [0.05, 0.1) is 25.7 Å². The third kappa shape index (κ3) is 4.23. The first kappa shape index (κ1) is 18.8. The van der Waals surface area contributed by atoms with Crippen LogP contribution >= 0.6 is 0 Å². The summed E-state index contributed by atoms with van der Waals surface area (Å²) in [5.74, 6) is 1.23. The topological polar surface area (TPSA) is 112 Å². The van der Waals surface area contributed by atoms with Crippen LogP contribution in [0.4, 0.5) is 5.69 Å². The number of ether oxygens (including phenoxy) is 4. The molecule has 10 heteroatoms. The number of carbonyl (C=O) groups excluding carboxylic acids is 1. The normalized spacial score (nSPS) is 12.5. The summed E-state index contributed by atoms with van der Waals surface area (Å²) < 4.78 is 47.5. The predicted octanol–water partition coefficient (Wildman–Crippen LogP) is 1.35. The lowest BCUT2D eigenvalue weighted by molar-refractivity contribution is -0.115. The zero-order valence-corrected chi connectivity index (χ0v) is 15.5. The Kier molecular flexibility index (Phi) is 5.38. The molecule has 0 atom stereocenters. The van der Waals surface area contributed by atoms with Crippen molar-refractivity contribution in [2.45, 2.75) is 4.90 Å². The molecule has 0 radical (unpaired) electrons. The number of methoxy groups -OCH3 is 2. The summed E-state index contributed by atoms with van der Waals surface area (Å²) in [5, 5.41) is 2.59. The maximum atomic E-state index is 12.3. The molecule has 1 aliphatic heterocycles. The molecule has 1 aliphatic rings. The van der Waals surface area contributed by atoms with Crippen molar-refractivity contribution in [1.29, 1.82) is 0 Å². The molecule has 2 N–H and O–H groups in total. The Morgan fingerprint density at radius 2 is 1.78 bits per heavy atom. The van der Waals surface area contributed by atoms with E-state index in [1.54, 1.807) is 18.2 Å². The zero-order chi connectivity index (χ0) is 19.4. The van der Waals surface area contributed by atoms with Crippen LogP contribution in [-0.2, 0) is 14.8 Å². The molecule has 0 fully saturated rings. The number of sulfonamides is 1. The summed E-state index contributed by atoms with van der Waals surface area (Å²) in [6, 6.07) is 9.04. The standard InChI is InChI=1S/C17H18N2O7S/c1-23-13-5-3-11(7-15(13)24-2)19-17(20)9-18-27(21,22)12-4-6-14-16(8-12)26-10-25-14/h3-8,18H,9-10H2,1-2H3,(H,19,20). The second kappa shape index (κ2) is 7.72. The van der Waals surface area contributed by atoms with Crippen molar-refractivity contribution in [3.05, 3.63) is 36.4 Å². The van der Waals surface area contributed by atoms with E-state index >= 15 is 0 Å². The molecule has 0 spiro atoms. The van der Waals surface area contributed by atoms with Gasteiger partial charge < -0.3 is 24.3 Å². The number of anilines is 1. The van der Waals surface area contributed by atoms with E-state index < -0.39 is 22.5 Å². The molecule has 144 valence electrons. The van der Waals surface area contributed by atoms with Crippen LogP contribution in [0.2, 0.25) is 0 Å². The highest BCUT2D eigenvalue weighted by Crippen LogP contribution is 2.33. The van der Waals surface area contributed by atoms with E-state index in [1.165, 1.54) is 32.4 Å². The lowest BCUT2D eigenvalue weighted by Gasteiger charge is -2.11. The van der Waals surface area contributed by atoms with Gasteiger partial charge in [0.15, 0.2) is 23.0 Å². The maximum absolute atomic E-state index is 12.3. The number of hydrogen-bond acceptors (Lipinski definition) is 7. The monoisotopic (exact) mass is 394 g/mol. The average molecular weight is 394 g/mol. The van der Waals surface area contributed by atoms with Gasteiger partial charge in [-0.3, -0.25) is 4.79 Å². The third-order valence-corrected chi connectivity index (χ3v) is 5.14. The minimum absolute atomic E-state index is 0.0225. The maximum Gasteiger partial charge on any atom is 0.241 e. The SMILES string of the molecule is COc1ccc(NC(=O)CNS(=O)(=O)c2ccc3c(c2)OCO3)cc1OC. The largest absolute Gasteiger partial charge is 0.493 e. The van der Waals surface area contributed by atoms with Crippen molar-refractivity contribution in [3.8, 4) is 23.0 Å². The number of amides is 1. The summed E-state index contributed by atoms with van der Waals surface area (Å²) in [6.07, 6.45) is 0. The molecule has 1 heterocycles. The van der Waals surface area contributed by atoms with E-state index in [-0.39, 0.29) is 11.7 Å². The molecule has 0 aliphatic carbocycles. The number of nitrogens with one attached hydrogen (secondary N) is 2. The molecule has 1 amide bonds. The Labute approximate surface area is 156 Å². The fourth-order valence-electron chi connectivity index (χ4n) is 2.41. The van der Waals surface area contributed by atoms with Gasteiger partial charge in [-0.05, 0) is 24.3 Å². The highest BCUT2D eigenvalue weighted by atomic mass is 32.2. The van der Waals surface area contributed by atoms with Gasteiger partial charge in [0.1, 0.15) is 0 Å². The predicted molar refractivity (Wildman–Crippen MR) is 95.9 cm³/mol. The second-order valence-corrected chi connectivity index (χ2v) is 7.22. The van der Waals surface area contributed by atoms with Crippen LogP contribution in [0.3, 0.4) is 0 Å². The summed E-state index contributed by atoms with van der Waals surface area (Å²) in [5.41, 5.74) is 0.444. The first-order valence-corrected chi connectivity index (χ1v) is 9.32. The molecule has 0 aromatic heterocycles. The van der Waals surface area contributed by atoms with E-state index in [1.807, 2.05) is 0 Å². The van der Waals surface area contributed by atoms with Crippen LogP contribution in [0.5, 0.6) is 23.0 Å². The van der Waals surface area contributed by atoms with Gasteiger partial charge in [0, 0.05) is 17.8 Å². The molecular weight excluding hydrogens is 376 g/mol. The average Bonchev–Trinajstić information content (AvgIpc) is 3.14. The van der Waals surface area contributed by atoms with Gasteiger partial charge in [-0.1, -0.05) is 0 Å². The van der Waals surface area contributed by atoms with Gasteiger partial charge in [0.25, 0.3) is 0 Å². The van der Waals surface area contributed by atoms with Gasteiger partial charge in [-0.2, -0.15) is 0 Å². The molecule has 0 bridgehead atoms. The van der Waals surface area contributed by atoms with Crippen molar-refractivity contribution in [2.75, 3.05) is 32.9 Å². The molecule has 2 aromatic carbocycles. The molecule has 0 saturated carbocycles. The van der Waals surface area contributed by atoms with Crippen LogP contribution in [0.25, 0.3) is 0 Å².